The monoisotopic (exact) mass is 256 g/mol. The van der Waals surface area contributed by atoms with Gasteiger partial charge in [-0.1, -0.05) is 43.8 Å². The van der Waals surface area contributed by atoms with E-state index in [0.29, 0.717) is 11.7 Å². The maximum Gasteiger partial charge on any atom is 0.0980 e. The Balaban J connectivity index is 2.61. The van der Waals surface area contributed by atoms with Gasteiger partial charge in [-0.2, -0.15) is 5.26 Å². The molecule has 0 fully saturated rings. The van der Waals surface area contributed by atoms with Crippen LogP contribution in [-0.2, 0) is 0 Å². The van der Waals surface area contributed by atoms with Crippen molar-refractivity contribution in [1.29, 1.82) is 5.26 Å². The Morgan fingerprint density at radius 3 is 2.83 bits per heavy atom. The number of aromatic nitrogens is 1. The molecule has 0 atom stereocenters. The van der Waals surface area contributed by atoms with Crippen LogP contribution in [0.1, 0.15) is 30.9 Å². The van der Waals surface area contributed by atoms with Gasteiger partial charge in [0.1, 0.15) is 0 Å². The number of aryl methyl sites for hydroxylation is 1. The zero-order valence-corrected chi connectivity index (χ0v) is 11.7. The highest BCUT2D eigenvalue weighted by Crippen LogP contribution is 2.29. The van der Waals surface area contributed by atoms with Crippen molar-refractivity contribution >= 4 is 22.7 Å². The molecule has 0 unspecified atom stereocenters. The molecule has 0 amide bonds. The van der Waals surface area contributed by atoms with Crippen molar-refractivity contribution in [3.8, 4) is 6.07 Å². The third-order valence-corrected chi connectivity index (χ3v) is 3.74. The van der Waals surface area contributed by atoms with Gasteiger partial charge < -0.3 is 0 Å². The van der Waals surface area contributed by atoms with E-state index < -0.39 is 0 Å². The van der Waals surface area contributed by atoms with Crippen molar-refractivity contribution in [2.45, 2.75) is 31.7 Å². The van der Waals surface area contributed by atoms with Gasteiger partial charge in [-0.3, -0.25) is 0 Å². The van der Waals surface area contributed by atoms with Crippen LogP contribution in [0.5, 0.6) is 0 Å². The van der Waals surface area contributed by atoms with Gasteiger partial charge in [-0.15, -0.1) is 0 Å². The van der Waals surface area contributed by atoms with Crippen LogP contribution in [0.2, 0.25) is 0 Å². The minimum absolute atomic E-state index is 0.446. The zero-order valence-electron chi connectivity index (χ0n) is 10.9. The molecule has 0 N–H and O–H groups in total. The van der Waals surface area contributed by atoms with E-state index in [0.717, 1.165) is 10.5 Å². The molecule has 18 heavy (non-hydrogen) atoms. The lowest BCUT2D eigenvalue weighted by atomic mass is 9.98. The average Bonchev–Trinajstić information content (AvgIpc) is 2.35. The van der Waals surface area contributed by atoms with Crippen LogP contribution in [0, 0.1) is 18.3 Å². The lowest BCUT2D eigenvalue weighted by Gasteiger charge is -2.12. The number of hydrogen-bond donors (Lipinski definition) is 0. The molecule has 0 saturated heterocycles. The summed E-state index contributed by atoms with van der Waals surface area (Å²) < 4.78 is 0. The molecule has 1 heterocycles. The third-order valence-electron chi connectivity index (χ3n) is 2.96. The molecule has 2 nitrogen and oxygen atoms in total. The Hall–Kier alpha value is -1.53. The number of nitrogens with zero attached hydrogens (tertiary/aromatic N) is 2. The topological polar surface area (TPSA) is 36.7 Å². The molecule has 0 aliphatic rings. The Morgan fingerprint density at radius 1 is 1.39 bits per heavy atom. The Labute approximate surface area is 112 Å². The SMILES string of the molecule is Cc1cc(SCC#N)nc2c(C(C)C)cccc12. The molecule has 0 aliphatic carbocycles. The van der Waals surface area contributed by atoms with Crippen LogP contribution in [0.3, 0.4) is 0 Å². The first-order chi connectivity index (χ1) is 8.63. The number of pyridine rings is 1. The highest BCUT2D eigenvalue weighted by atomic mass is 32.2. The van der Waals surface area contributed by atoms with Gasteiger partial charge in [0.2, 0.25) is 0 Å². The zero-order chi connectivity index (χ0) is 13.1. The average molecular weight is 256 g/mol. The number of para-hydroxylation sites is 1. The Bertz CT molecular complexity index is 612. The second-order valence-electron chi connectivity index (χ2n) is 4.62. The summed E-state index contributed by atoms with van der Waals surface area (Å²) in [6, 6.07) is 10.6. The lowest BCUT2D eigenvalue weighted by Crippen LogP contribution is -1.95. The summed E-state index contributed by atoms with van der Waals surface area (Å²) in [6.07, 6.45) is 0. The quantitative estimate of drug-likeness (QED) is 0.769. The minimum Gasteiger partial charge on any atom is -0.241 e. The van der Waals surface area contributed by atoms with E-state index >= 15 is 0 Å². The molecular formula is C15H16N2S. The van der Waals surface area contributed by atoms with Crippen molar-refractivity contribution < 1.29 is 0 Å². The summed E-state index contributed by atoms with van der Waals surface area (Å²) >= 11 is 1.50. The molecule has 1 aromatic carbocycles. The molecule has 0 saturated carbocycles. The fraction of sp³-hybridized carbons (Fsp3) is 0.333. The Morgan fingerprint density at radius 2 is 2.17 bits per heavy atom. The largest absolute Gasteiger partial charge is 0.241 e. The van der Waals surface area contributed by atoms with Gasteiger partial charge in [0.15, 0.2) is 0 Å². The molecule has 0 spiro atoms. The van der Waals surface area contributed by atoms with Gasteiger partial charge in [0.05, 0.1) is 22.4 Å². The smallest absolute Gasteiger partial charge is 0.0980 e. The van der Waals surface area contributed by atoms with Crippen molar-refractivity contribution in [3.63, 3.8) is 0 Å². The van der Waals surface area contributed by atoms with Gasteiger partial charge >= 0.3 is 0 Å². The minimum atomic E-state index is 0.446. The van der Waals surface area contributed by atoms with E-state index in [-0.39, 0.29) is 0 Å². The third kappa shape index (κ3) is 2.49. The van der Waals surface area contributed by atoms with Gasteiger partial charge in [-0.25, -0.2) is 4.98 Å². The summed E-state index contributed by atoms with van der Waals surface area (Å²) in [5.74, 6) is 0.902. The molecule has 0 aliphatic heterocycles. The first kappa shape index (κ1) is 12.9. The van der Waals surface area contributed by atoms with Crippen molar-refractivity contribution in [1.82, 2.24) is 4.98 Å². The highest BCUT2D eigenvalue weighted by molar-refractivity contribution is 7.99. The van der Waals surface area contributed by atoms with Crippen molar-refractivity contribution in [3.05, 3.63) is 35.4 Å². The molecular weight excluding hydrogens is 240 g/mol. The molecule has 0 bridgehead atoms. The summed E-state index contributed by atoms with van der Waals surface area (Å²) in [5, 5.41) is 10.8. The summed E-state index contributed by atoms with van der Waals surface area (Å²) in [6.45, 7) is 6.46. The number of benzene rings is 1. The van der Waals surface area contributed by atoms with E-state index in [2.05, 4.69) is 51.1 Å². The van der Waals surface area contributed by atoms with Crippen molar-refractivity contribution in [2.75, 3.05) is 5.75 Å². The van der Waals surface area contributed by atoms with E-state index in [4.69, 9.17) is 10.2 Å². The van der Waals surface area contributed by atoms with Crippen LogP contribution >= 0.6 is 11.8 Å². The number of fused-ring (bicyclic) bond motifs is 1. The van der Waals surface area contributed by atoms with Crippen LogP contribution in [0.25, 0.3) is 10.9 Å². The first-order valence-electron chi connectivity index (χ1n) is 6.03. The number of thioether (sulfide) groups is 1. The van der Waals surface area contributed by atoms with E-state index in [1.165, 1.54) is 28.3 Å². The van der Waals surface area contributed by atoms with Crippen molar-refractivity contribution in [2.24, 2.45) is 0 Å². The predicted molar refractivity (Wildman–Crippen MR) is 76.9 cm³/mol. The maximum atomic E-state index is 8.65. The lowest BCUT2D eigenvalue weighted by molar-refractivity contribution is 0.870. The second-order valence-corrected chi connectivity index (χ2v) is 5.62. The molecule has 1 aromatic heterocycles. The van der Waals surface area contributed by atoms with Crippen LogP contribution in [0.15, 0.2) is 29.3 Å². The van der Waals surface area contributed by atoms with E-state index in [1.807, 2.05) is 0 Å². The number of hydrogen-bond acceptors (Lipinski definition) is 3. The summed E-state index contributed by atoms with van der Waals surface area (Å²) in [4.78, 5) is 4.71. The van der Waals surface area contributed by atoms with Gasteiger partial charge in [-0.05, 0) is 30.0 Å². The standard InChI is InChI=1S/C15H16N2S/c1-10(2)12-5-4-6-13-11(3)9-14(17-15(12)13)18-8-7-16/h4-6,9-10H,8H2,1-3H3. The van der Waals surface area contributed by atoms with Gasteiger partial charge in [0, 0.05) is 5.39 Å². The fourth-order valence-electron chi connectivity index (χ4n) is 2.06. The molecule has 92 valence electrons. The fourth-order valence-corrected chi connectivity index (χ4v) is 2.68. The highest BCUT2D eigenvalue weighted by Gasteiger charge is 2.09. The van der Waals surface area contributed by atoms with E-state index in [9.17, 15) is 0 Å². The van der Waals surface area contributed by atoms with E-state index in [1.54, 1.807) is 0 Å². The van der Waals surface area contributed by atoms with Gasteiger partial charge in [0.25, 0.3) is 0 Å². The van der Waals surface area contributed by atoms with Crippen LogP contribution in [0.4, 0.5) is 0 Å². The second kappa shape index (κ2) is 5.41. The predicted octanol–water partition coefficient (Wildman–Crippen LogP) is 4.28. The number of nitriles is 1. The van der Waals surface area contributed by atoms with Crippen LogP contribution in [-0.4, -0.2) is 10.7 Å². The number of rotatable bonds is 3. The first-order valence-corrected chi connectivity index (χ1v) is 7.02. The van der Waals surface area contributed by atoms with Crippen LogP contribution < -0.4 is 0 Å². The molecule has 0 radical (unpaired) electrons. The maximum absolute atomic E-state index is 8.65. The Kier molecular flexibility index (Phi) is 3.88. The molecule has 2 aromatic rings. The summed E-state index contributed by atoms with van der Waals surface area (Å²) in [5.41, 5.74) is 3.57. The molecule has 3 heteroatoms. The summed E-state index contributed by atoms with van der Waals surface area (Å²) in [7, 11) is 0. The normalized spacial score (nSPS) is 10.8. The molecule has 2 rings (SSSR count).